The summed E-state index contributed by atoms with van der Waals surface area (Å²) in [6, 6.07) is 1.63. The molecular formula is C9H13F2NO2. The lowest BCUT2D eigenvalue weighted by molar-refractivity contribution is -0.179. The van der Waals surface area contributed by atoms with E-state index >= 15 is 0 Å². The summed E-state index contributed by atoms with van der Waals surface area (Å²) in [5.74, 6) is -6.35. The Morgan fingerprint density at radius 2 is 2.14 bits per heavy atom. The van der Waals surface area contributed by atoms with Crippen LogP contribution in [0, 0.1) is 17.2 Å². The van der Waals surface area contributed by atoms with Crippen molar-refractivity contribution in [2.24, 2.45) is 5.92 Å². The van der Waals surface area contributed by atoms with E-state index in [1.807, 2.05) is 0 Å². The van der Waals surface area contributed by atoms with Crippen LogP contribution in [-0.4, -0.2) is 18.5 Å². The molecule has 14 heavy (non-hydrogen) atoms. The molecule has 0 N–H and O–H groups in total. The fraction of sp³-hybridized carbons (Fsp3) is 0.778. The molecule has 5 heteroatoms. The van der Waals surface area contributed by atoms with E-state index in [1.54, 1.807) is 6.07 Å². The van der Waals surface area contributed by atoms with E-state index in [1.165, 1.54) is 13.8 Å². The number of ether oxygens (including phenoxy) is 1. The van der Waals surface area contributed by atoms with Gasteiger partial charge >= 0.3 is 11.9 Å². The average Bonchev–Trinajstić information content (AvgIpc) is 2.14. The summed E-state index contributed by atoms with van der Waals surface area (Å²) in [4.78, 5) is 10.9. The molecule has 0 aliphatic heterocycles. The highest BCUT2D eigenvalue weighted by Crippen LogP contribution is 2.31. The normalized spacial score (nSPS) is 13.1. The Morgan fingerprint density at radius 1 is 1.57 bits per heavy atom. The van der Waals surface area contributed by atoms with Crippen LogP contribution in [0.15, 0.2) is 0 Å². The topological polar surface area (TPSA) is 50.1 Å². The molecule has 0 saturated heterocycles. The van der Waals surface area contributed by atoms with Gasteiger partial charge in [-0.3, -0.25) is 0 Å². The third kappa shape index (κ3) is 2.95. The molecule has 1 atom stereocenters. The molecular weight excluding hydrogens is 192 g/mol. The monoisotopic (exact) mass is 205 g/mol. The Labute approximate surface area is 81.7 Å². The van der Waals surface area contributed by atoms with Gasteiger partial charge in [-0.05, 0) is 13.3 Å². The lowest BCUT2D eigenvalue weighted by Gasteiger charge is -2.21. The second-order valence-corrected chi connectivity index (χ2v) is 2.81. The van der Waals surface area contributed by atoms with Crippen molar-refractivity contribution in [3.63, 3.8) is 0 Å². The maximum Gasteiger partial charge on any atom is 0.377 e. The smallest absolute Gasteiger partial charge is 0.377 e. The molecule has 0 fully saturated rings. The molecule has 3 nitrogen and oxygen atoms in total. The van der Waals surface area contributed by atoms with Crippen molar-refractivity contribution in [2.75, 3.05) is 6.61 Å². The molecule has 0 aromatic rings. The molecule has 0 aliphatic rings. The molecule has 0 radical (unpaired) electrons. The first-order valence-electron chi connectivity index (χ1n) is 4.42. The first-order valence-corrected chi connectivity index (χ1v) is 4.42. The number of hydrogen-bond acceptors (Lipinski definition) is 3. The van der Waals surface area contributed by atoms with Crippen LogP contribution in [0.4, 0.5) is 8.78 Å². The Bertz CT molecular complexity index is 235. The highest BCUT2D eigenvalue weighted by Gasteiger charge is 2.47. The second-order valence-electron chi connectivity index (χ2n) is 2.81. The molecule has 0 saturated carbocycles. The van der Waals surface area contributed by atoms with Crippen molar-refractivity contribution in [3.8, 4) is 6.07 Å². The molecule has 1 unspecified atom stereocenters. The van der Waals surface area contributed by atoms with Crippen LogP contribution in [0.1, 0.15) is 26.7 Å². The zero-order chi connectivity index (χ0) is 11.2. The van der Waals surface area contributed by atoms with E-state index in [4.69, 9.17) is 5.26 Å². The number of halogens is 2. The van der Waals surface area contributed by atoms with Crippen LogP contribution in [0.5, 0.6) is 0 Å². The van der Waals surface area contributed by atoms with Gasteiger partial charge in [0.25, 0.3) is 0 Å². The molecule has 0 aliphatic carbocycles. The second kappa shape index (κ2) is 5.53. The molecule has 0 amide bonds. The number of carbonyl (C=O) groups is 1. The minimum atomic E-state index is -3.56. The van der Waals surface area contributed by atoms with Crippen LogP contribution in [0.25, 0.3) is 0 Å². The van der Waals surface area contributed by atoms with Gasteiger partial charge in [0, 0.05) is 12.3 Å². The van der Waals surface area contributed by atoms with Gasteiger partial charge in [0.15, 0.2) is 0 Å². The van der Waals surface area contributed by atoms with E-state index in [0.29, 0.717) is 0 Å². The number of alkyl halides is 2. The molecule has 0 heterocycles. The number of esters is 1. The van der Waals surface area contributed by atoms with Gasteiger partial charge in [-0.1, -0.05) is 6.92 Å². The first kappa shape index (κ1) is 12.8. The standard InChI is InChI=1S/C9H13F2NO2/c1-3-7(5-6-12)9(10,11)8(13)14-4-2/h7H,3-5H2,1-2H3. The lowest BCUT2D eigenvalue weighted by atomic mass is 9.95. The van der Waals surface area contributed by atoms with Crippen molar-refractivity contribution >= 4 is 5.97 Å². The van der Waals surface area contributed by atoms with Crippen molar-refractivity contribution in [2.45, 2.75) is 32.6 Å². The third-order valence-electron chi connectivity index (χ3n) is 1.89. The number of hydrogen-bond donors (Lipinski definition) is 0. The third-order valence-corrected chi connectivity index (χ3v) is 1.89. The maximum absolute atomic E-state index is 13.2. The van der Waals surface area contributed by atoms with Crippen LogP contribution in [0.3, 0.4) is 0 Å². The number of rotatable bonds is 5. The average molecular weight is 205 g/mol. The highest BCUT2D eigenvalue weighted by atomic mass is 19.3. The number of carbonyl (C=O) groups excluding carboxylic acids is 1. The van der Waals surface area contributed by atoms with Crippen LogP contribution in [0.2, 0.25) is 0 Å². The highest BCUT2D eigenvalue weighted by molar-refractivity contribution is 5.77. The summed E-state index contributed by atoms with van der Waals surface area (Å²) in [5.41, 5.74) is 0. The minimum Gasteiger partial charge on any atom is -0.462 e. The molecule has 0 aromatic carbocycles. The molecule has 80 valence electrons. The van der Waals surface area contributed by atoms with Crippen LogP contribution in [-0.2, 0) is 9.53 Å². The fourth-order valence-electron chi connectivity index (χ4n) is 1.03. The van der Waals surface area contributed by atoms with Crippen molar-refractivity contribution in [1.29, 1.82) is 5.26 Å². The van der Waals surface area contributed by atoms with Crippen molar-refractivity contribution in [1.82, 2.24) is 0 Å². The summed E-state index contributed by atoms with van der Waals surface area (Å²) in [7, 11) is 0. The minimum absolute atomic E-state index is 0.0688. The summed E-state index contributed by atoms with van der Waals surface area (Å²) in [6.45, 7) is 2.88. The van der Waals surface area contributed by atoms with Gasteiger partial charge in [0.2, 0.25) is 0 Å². The van der Waals surface area contributed by atoms with Crippen LogP contribution < -0.4 is 0 Å². The predicted octanol–water partition coefficient (Wildman–Crippen LogP) is 2.12. The summed E-state index contributed by atoms with van der Waals surface area (Å²) in [5, 5.41) is 8.31. The molecule has 0 bridgehead atoms. The predicted molar refractivity (Wildman–Crippen MR) is 45.6 cm³/mol. The van der Waals surface area contributed by atoms with E-state index in [0.717, 1.165) is 0 Å². The molecule has 0 spiro atoms. The maximum atomic E-state index is 13.2. The zero-order valence-corrected chi connectivity index (χ0v) is 8.22. The largest absolute Gasteiger partial charge is 0.462 e. The van der Waals surface area contributed by atoms with E-state index in [-0.39, 0.29) is 19.4 Å². The van der Waals surface area contributed by atoms with E-state index < -0.39 is 17.8 Å². The van der Waals surface area contributed by atoms with Gasteiger partial charge in [0.05, 0.1) is 12.7 Å². The van der Waals surface area contributed by atoms with E-state index in [2.05, 4.69) is 4.74 Å². The van der Waals surface area contributed by atoms with Gasteiger partial charge < -0.3 is 4.74 Å². The Balaban J connectivity index is 4.55. The fourth-order valence-corrected chi connectivity index (χ4v) is 1.03. The van der Waals surface area contributed by atoms with Crippen LogP contribution >= 0.6 is 0 Å². The quantitative estimate of drug-likeness (QED) is 0.646. The van der Waals surface area contributed by atoms with Gasteiger partial charge in [-0.2, -0.15) is 14.0 Å². The number of nitriles is 1. The zero-order valence-electron chi connectivity index (χ0n) is 8.22. The van der Waals surface area contributed by atoms with Gasteiger partial charge in [-0.25, -0.2) is 4.79 Å². The van der Waals surface area contributed by atoms with E-state index in [9.17, 15) is 13.6 Å². The van der Waals surface area contributed by atoms with Crippen molar-refractivity contribution in [3.05, 3.63) is 0 Å². The molecule has 0 aromatic heterocycles. The Kier molecular flexibility index (Phi) is 5.06. The summed E-state index contributed by atoms with van der Waals surface area (Å²) < 4.78 is 30.7. The van der Waals surface area contributed by atoms with Gasteiger partial charge in [0.1, 0.15) is 0 Å². The SMILES string of the molecule is CCOC(=O)C(F)(F)C(CC)CC#N. The van der Waals surface area contributed by atoms with Gasteiger partial charge in [-0.15, -0.1) is 0 Å². The summed E-state index contributed by atoms with van der Waals surface area (Å²) in [6.07, 6.45) is -0.276. The molecule has 0 rings (SSSR count). The van der Waals surface area contributed by atoms with Crippen molar-refractivity contribution < 1.29 is 18.3 Å². The Morgan fingerprint density at radius 3 is 2.50 bits per heavy atom. The summed E-state index contributed by atoms with van der Waals surface area (Å²) >= 11 is 0. The Hall–Kier alpha value is -1.18. The lowest BCUT2D eigenvalue weighted by Crippen LogP contribution is -2.38. The number of nitrogens with zero attached hydrogens (tertiary/aromatic N) is 1. The first-order chi connectivity index (χ1) is 6.50.